The van der Waals surface area contributed by atoms with Crippen LogP contribution in [0.15, 0.2) is 53.4 Å². The summed E-state index contributed by atoms with van der Waals surface area (Å²) in [6.45, 7) is 4.53. The highest BCUT2D eigenvalue weighted by molar-refractivity contribution is 7.89. The van der Waals surface area contributed by atoms with E-state index in [0.29, 0.717) is 12.2 Å². The Bertz CT molecular complexity index is 1050. The van der Waals surface area contributed by atoms with Gasteiger partial charge in [0, 0.05) is 12.6 Å². The first-order valence-electron chi connectivity index (χ1n) is 10.0. The van der Waals surface area contributed by atoms with Gasteiger partial charge in [-0.1, -0.05) is 44.2 Å². The fourth-order valence-corrected chi connectivity index (χ4v) is 5.04. The Balaban J connectivity index is 1.99. The van der Waals surface area contributed by atoms with Crippen LogP contribution in [0.25, 0.3) is 6.08 Å². The van der Waals surface area contributed by atoms with Crippen LogP contribution in [0, 0.1) is 0 Å². The second-order valence-corrected chi connectivity index (χ2v) is 9.04. The molecule has 1 heterocycles. The topological polar surface area (TPSA) is 72.9 Å². The van der Waals surface area contributed by atoms with Crippen LogP contribution in [0.5, 0.6) is 5.75 Å². The van der Waals surface area contributed by atoms with E-state index < -0.39 is 16.0 Å². The summed E-state index contributed by atoms with van der Waals surface area (Å²) in [5.74, 6) is -0.0388. The number of methoxy groups -OCH3 is 1. The number of ether oxygens (including phenoxy) is 2. The van der Waals surface area contributed by atoms with Gasteiger partial charge in [-0.3, -0.25) is 0 Å². The van der Waals surface area contributed by atoms with E-state index in [4.69, 9.17) is 4.74 Å². The van der Waals surface area contributed by atoms with Gasteiger partial charge in [0.05, 0.1) is 13.7 Å². The van der Waals surface area contributed by atoms with Gasteiger partial charge >= 0.3 is 5.97 Å². The zero-order chi connectivity index (χ0) is 21.7. The summed E-state index contributed by atoms with van der Waals surface area (Å²) in [6, 6.07) is 12.6. The molecule has 1 aliphatic rings. The second-order valence-electron chi connectivity index (χ2n) is 7.13. The van der Waals surface area contributed by atoms with Gasteiger partial charge in [0.25, 0.3) is 0 Å². The molecule has 0 aromatic heterocycles. The highest BCUT2D eigenvalue weighted by Crippen LogP contribution is 2.32. The number of carbonyl (C=O) groups excluding carboxylic acids is 1. The van der Waals surface area contributed by atoms with E-state index in [9.17, 15) is 13.2 Å². The molecule has 0 spiro atoms. The Hall–Kier alpha value is -2.64. The van der Waals surface area contributed by atoms with Crippen molar-refractivity contribution < 1.29 is 22.7 Å². The summed E-state index contributed by atoms with van der Waals surface area (Å²) in [5, 5.41) is 0. The Kier molecular flexibility index (Phi) is 6.95. The molecular formula is C23H27NO5S. The first kappa shape index (κ1) is 22.1. The van der Waals surface area contributed by atoms with Gasteiger partial charge in [-0.15, -0.1) is 0 Å². The molecular weight excluding hydrogens is 402 g/mol. The van der Waals surface area contributed by atoms with Gasteiger partial charge < -0.3 is 9.47 Å². The van der Waals surface area contributed by atoms with Crippen molar-refractivity contribution in [1.82, 2.24) is 4.31 Å². The predicted molar refractivity (Wildman–Crippen MR) is 116 cm³/mol. The molecule has 0 N–H and O–H groups in total. The Morgan fingerprint density at radius 3 is 2.67 bits per heavy atom. The molecule has 0 radical (unpaired) electrons. The summed E-state index contributed by atoms with van der Waals surface area (Å²) < 4.78 is 38.9. The van der Waals surface area contributed by atoms with E-state index in [0.717, 1.165) is 23.1 Å². The van der Waals surface area contributed by atoms with Crippen LogP contribution in [0.3, 0.4) is 0 Å². The maximum atomic E-state index is 13.4. The number of hydrogen-bond acceptors (Lipinski definition) is 5. The minimum atomic E-state index is -3.71. The van der Waals surface area contributed by atoms with Gasteiger partial charge in [0.2, 0.25) is 10.0 Å². The molecule has 30 heavy (non-hydrogen) atoms. The fraction of sp³-hybridized carbons (Fsp3) is 0.348. The van der Waals surface area contributed by atoms with Crippen LogP contribution in [0.4, 0.5) is 0 Å². The van der Waals surface area contributed by atoms with Crippen LogP contribution in [0.1, 0.15) is 37.0 Å². The third-order valence-corrected chi connectivity index (χ3v) is 7.05. The number of para-hydroxylation sites is 1. The average Bonchev–Trinajstić information content (AvgIpc) is 2.86. The van der Waals surface area contributed by atoms with E-state index in [1.165, 1.54) is 17.5 Å². The van der Waals surface area contributed by atoms with E-state index in [2.05, 4.69) is 4.74 Å². The van der Waals surface area contributed by atoms with Gasteiger partial charge in [-0.25, -0.2) is 13.2 Å². The predicted octanol–water partition coefficient (Wildman–Crippen LogP) is 3.80. The number of sulfonamides is 1. The molecule has 2 aromatic rings. The number of rotatable bonds is 6. The van der Waals surface area contributed by atoms with Crippen molar-refractivity contribution in [3.05, 3.63) is 65.2 Å². The quantitative estimate of drug-likeness (QED) is 0.516. The minimum absolute atomic E-state index is 0.195. The van der Waals surface area contributed by atoms with Crippen molar-refractivity contribution in [3.8, 4) is 5.75 Å². The van der Waals surface area contributed by atoms with E-state index in [-0.39, 0.29) is 24.1 Å². The van der Waals surface area contributed by atoms with E-state index in [1.54, 1.807) is 30.3 Å². The molecule has 0 unspecified atom stereocenters. The van der Waals surface area contributed by atoms with E-state index >= 15 is 0 Å². The molecule has 6 nitrogen and oxygen atoms in total. The van der Waals surface area contributed by atoms with Gasteiger partial charge in [0.15, 0.2) is 0 Å². The van der Waals surface area contributed by atoms with Crippen LogP contribution < -0.4 is 4.74 Å². The summed E-state index contributed by atoms with van der Waals surface area (Å²) in [6.07, 6.45) is 4.26. The molecule has 1 aliphatic heterocycles. The molecule has 7 heteroatoms. The van der Waals surface area contributed by atoms with Gasteiger partial charge in [0.1, 0.15) is 16.7 Å². The molecule has 0 fully saturated rings. The molecule has 0 bridgehead atoms. The lowest BCUT2D eigenvalue weighted by molar-refractivity contribution is -0.134. The van der Waals surface area contributed by atoms with Crippen LogP contribution in [-0.2, 0) is 32.5 Å². The Morgan fingerprint density at radius 2 is 1.97 bits per heavy atom. The standard InChI is InChI=1S/C23H27NO5S/c1-4-18-12-10-17(11-13-23(25)28-3)14-19(18)15-24-16-20(5-2)29-21-8-6-7-9-22(21)30(24,26)27/h6-14,20H,4-5,15-16H2,1-3H3/t20-/m1/s1. The van der Waals surface area contributed by atoms with Gasteiger partial charge in [-0.2, -0.15) is 4.31 Å². The zero-order valence-electron chi connectivity index (χ0n) is 17.5. The monoisotopic (exact) mass is 429 g/mol. The SMILES string of the molecule is CCc1ccc(C=CC(=O)OC)cc1CN1C[C@@H](CC)Oc2ccccc2S1(=O)=O. The number of fused-ring (bicyclic) bond motifs is 1. The van der Waals surface area contributed by atoms with Crippen molar-refractivity contribution in [1.29, 1.82) is 0 Å². The molecule has 0 aliphatic carbocycles. The maximum Gasteiger partial charge on any atom is 0.330 e. The zero-order valence-corrected chi connectivity index (χ0v) is 18.3. The molecule has 0 amide bonds. The molecule has 1 atom stereocenters. The average molecular weight is 430 g/mol. The van der Waals surface area contributed by atoms with Crippen molar-refractivity contribution in [2.24, 2.45) is 0 Å². The summed E-state index contributed by atoms with van der Waals surface area (Å²) in [7, 11) is -2.39. The summed E-state index contributed by atoms with van der Waals surface area (Å²) >= 11 is 0. The van der Waals surface area contributed by atoms with Crippen molar-refractivity contribution >= 4 is 22.1 Å². The smallest absolute Gasteiger partial charge is 0.330 e. The highest BCUT2D eigenvalue weighted by atomic mass is 32.2. The number of aryl methyl sites for hydroxylation is 1. The summed E-state index contributed by atoms with van der Waals surface area (Å²) in [4.78, 5) is 11.6. The maximum absolute atomic E-state index is 13.4. The van der Waals surface area contributed by atoms with Crippen LogP contribution in [0.2, 0.25) is 0 Å². The van der Waals surface area contributed by atoms with E-state index in [1.807, 2.05) is 32.0 Å². The van der Waals surface area contributed by atoms with Crippen molar-refractivity contribution in [2.75, 3.05) is 13.7 Å². The first-order chi connectivity index (χ1) is 14.4. The minimum Gasteiger partial charge on any atom is -0.488 e. The van der Waals surface area contributed by atoms with Crippen molar-refractivity contribution in [3.63, 3.8) is 0 Å². The number of nitrogens with zero attached hydrogens (tertiary/aromatic N) is 1. The molecule has 0 saturated carbocycles. The van der Waals surface area contributed by atoms with Gasteiger partial charge in [-0.05, 0) is 47.7 Å². The Labute approximate surface area is 178 Å². The molecule has 2 aromatic carbocycles. The number of hydrogen-bond donors (Lipinski definition) is 0. The normalized spacial score (nSPS) is 18.4. The number of benzene rings is 2. The van der Waals surface area contributed by atoms with Crippen LogP contribution >= 0.6 is 0 Å². The molecule has 0 saturated heterocycles. The first-order valence-corrected chi connectivity index (χ1v) is 11.5. The van der Waals surface area contributed by atoms with Crippen molar-refractivity contribution in [2.45, 2.75) is 44.2 Å². The molecule has 3 rings (SSSR count). The Morgan fingerprint density at radius 1 is 1.20 bits per heavy atom. The largest absolute Gasteiger partial charge is 0.488 e. The second kappa shape index (κ2) is 9.45. The fourth-order valence-electron chi connectivity index (χ4n) is 3.47. The lowest BCUT2D eigenvalue weighted by Gasteiger charge is -2.23. The summed E-state index contributed by atoms with van der Waals surface area (Å²) in [5.41, 5.74) is 2.78. The lowest BCUT2D eigenvalue weighted by atomic mass is 10.0. The number of esters is 1. The lowest BCUT2D eigenvalue weighted by Crippen LogP contribution is -2.36. The third-order valence-electron chi connectivity index (χ3n) is 5.19. The highest BCUT2D eigenvalue weighted by Gasteiger charge is 2.34. The third kappa shape index (κ3) is 4.74. The number of carbonyl (C=O) groups is 1. The molecule has 160 valence electrons. The van der Waals surface area contributed by atoms with Crippen LogP contribution in [-0.4, -0.2) is 38.5 Å².